The molecule has 1 aliphatic rings. The van der Waals surface area contributed by atoms with E-state index >= 15 is 0 Å². The van der Waals surface area contributed by atoms with E-state index in [4.69, 9.17) is 0 Å². The number of amides is 2. The van der Waals surface area contributed by atoms with Crippen molar-refractivity contribution >= 4 is 17.4 Å². The molecule has 19 heavy (non-hydrogen) atoms. The number of hydrogen-bond acceptors (Lipinski definition) is 3. The van der Waals surface area contributed by atoms with Crippen LogP contribution in [0, 0.1) is 0 Å². The van der Waals surface area contributed by atoms with Crippen LogP contribution >= 0.6 is 0 Å². The smallest absolute Gasteiger partial charge is 0.387 e. The number of hydrogen-bond donors (Lipinski definition) is 1. The van der Waals surface area contributed by atoms with Gasteiger partial charge in [0.2, 0.25) is 5.91 Å². The van der Waals surface area contributed by atoms with Crippen molar-refractivity contribution in [2.24, 2.45) is 0 Å². The molecule has 1 aromatic rings. The molecule has 1 aromatic carbocycles. The quantitative estimate of drug-likeness (QED) is 0.674. The Morgan fingerprint density at radius 3 is 2.37 bits per heavy atom. The van der Waals surface area contributed by atoms with Crippen LogP contribution in [0.3, 0.4) is 0 Å². The Kier molecular flexibility index (Phi) is 3.59. The van der Waals surface area contributed by atoms with Crippen LogP contribution in [0.25, 0.3) is 5.57 Å². The molecule has 100 valence electrons. The van der Waals surface area contributed by atoms with Crippen LogP contribution in [0.2, 0.25) is 0 Å². The van der Waals surface area contributed by atoms with Crippen LogP contribution in [0.15, 0.2) is 29.8 Å². The fraction of sp³-hybridized carbons (Fsp3) is 0.231. The van der Waals surface area contributed by atoms with Crippen LogP contribution in [-0.2, 0) is 9.59 Å². The molecule has 1 saturated heterocycles. The summed E-state index contributed by atoms with van der Waals surface area (Å²) in [7, 11) is 0. The minimum atomic E-state index is -2.87. The lowest BCUT2D eigenvalue weighted by molar-refractivity contribution is -0.124. The second-order valence-corrected chi connectivity index (χ2v) is 4.06. The van der Waals surface area contributed by atoms with Crippen LogP contribution in [0.5, 0.6) is 5.75 Å². The van der Waals surface area contributed by atoms with Gasteiger partial charge in [0.15, 0.2) is 0 Å². The minimum absolute atomic E-state index is 0.0416. The Hall–Kier alpha value is -2.24. The van der Waals surface area contributed by atoms with Gasteiger partial charge in [-0.1, -0.05) is 12.1 Å². The maximum atomic E-state index is 12.0. The van der Waals surface area contributed by atoms with E-state index in [1.54, 1.807) is 19.1 Å². The third-order valence-electron chi connectivity index (χ3n) is 2.83. The molecule has 1 fully saturated rings. The highest BCUT2D eigenvalue weighted by molar-refractivity contribution is 6.17. The van der Waals surface area contributed by atoms with Crippen LogP contribution in [0.4, 0.5) is 8.78 Å². The molecule has 0 bridgehead atoms. The summed E-state index contributed by atoms with van der Waals surface area (Å²) >= 11 is 0. The molecule has 0 radical (unpaired) electrons. The van der Waals surface area contributed by atoms with Gasteiger partial charge in [0.1, 0.15) is 5.75 Å². The van der Waals surface area contributed by atoms with Crippen molar-refractivity contribution in [1.29, 1.82) is 0 Å². The predicted molar refractivity (Wildman–Crippen MR) is 63.4 cm³/mol. The van der Waals surface area contributed by atoms with E-state index in [0.29, 0.717) is 16.7 Å². The number of carbonyl (C=O) groups excluding carboxylic acids is 2. The zero-order chi connectivity index (χ0) is 14.0. The van der Waals surface area contributed by atoms with E-state index in [2.05, 4.69) is 10.1 Å². The van der Waals surface area contributed by atoms with Crippen molar-refractivity contribution in [2.45, 2.75) is 20.0 Å². The lowest BCUT2D eigenvalue weighted by atomic mass is 10.0. The Balaban J connectivity index is 2.25. The largest absolute Gasteiger partial charge is 0.435 e. The summed E-state index contributed by atoms with van der Waals surface area (Å²) in [5, 5.41) is 2.20. The maximum absolute atomic E-state index is 12.0. The van der Waals surface area contributed by atoms with Crippen molar-refractivity contribution in [1.82, 2.24) is 5.32 Å². The number of ether oxygens (including phenoxy) is 1. The first-order chi connectivity index (χ1) is 8.97. The highest BCUT2D eigenvalue weighted by atomic mass is 19.3. The summed E-state index contributed by atoms with van der Waals surface area (Å²) in [5.41, 5.74) is 1.72. The Morgan fingerprint density at radius 1 is 1.26 bits per heavy atom. The van der Waals surface area contributed by atoms with Crippen molar-refractivity contribution in [3.63, 3.8) is 0 Å². The first kappa shape index (κ1) is 13.2. The van der Waals surface area contributed by atoms with Gasteiger partial charge in [-0.2, -0.15) is 8.78 Å². The summed E-state index contributed by atoms with van der Waals surface area (Å²) < 4.78 is 28.2. The molecular weight excluding hydrogens is 256 g/mol. The molecule has 2 amide bonds. The van der Waals surface area contributed by atoms with Gasteiger partial charge in [-0.25, -0.2) is 0 Å². The molecule has 4 nitrogen and oxygen atoms in total. The molecule has 0 unspecified atom stereocenters. The highest BCUT2D eigenvalue weighted by Gasteiger charge is 2.26. The minimum Gasteiger partial charge on any atom is -0.435 e. The highest BCUT2D eigenvalue weighted by Crippen LogP contribution is 2.25. The molecule has 2 rings (SSSR count). The predicted octanol–water partition coefficient (Wildman–Crippen LogP) is 2.11. The molecular formula is C13H11F2NO3. The number of carbonyl (C=O) groups is 2. The number of allylic oxidation sites excluding steroid dienone is 1. The monoisotopic (exact) mass is 267 g/mol. The van der Waals surface area contributed by atoms with Gasteiger partial charge < -0.3 is 4.74 Å². The summed E-state index contributed by atoms with van der Waals surface area (Å²) in [6, 6.07) is 5.91. The van der Waals surface area contributed by atoms with E-state index in [1.165, 1.54) is 12.1 Å². The van der Waals surface area contributed by atoms with Crippen LogP contribution in [0.1, 0.15) is 18.9 Å². The van der Waals surface area contributed by atoms with Crippen LogP contribution in [-0.4, -0.2) is 18.4 Å². The normalized spacial score (nSPS) is 17.7. The average Bonchev–Trinajstić information content (AvgIpc) is 2.68. The summed E-state index contributed by atoms with van der Waals surface area (Å²) in [6.07, 6.45) is 0.0416. The third kappa shape index (κ3) is 2.96. The molecule has 1 aliphatic heterocycles. The Labute approximate surface area is 108 Å². The first-order valence-corrected chi connectivity index (χ1v) is 5.56. The van der Waals surface area contributed by atoms with E-state index in [-0.39, 0.29) is 18.1 Å². The van der Waals surface area contributed by atoms with E-state index in [9.17, 15) is 18.4 Å². The maximum Gasteiger partial charge on any atom is 0.387 e. The van der Waals surface area contributed by atoms with Gasteiger partial charge >= 0.3 is 6.61 Å². The van der Waals surface area contributed by atoms with Crippen molar-refractivity contribution in [3.8, 4) is 5.75 Å². The SMILES string of the molecule is CC(=C1CC(=O)NC1=O)c1ccc(OC(F)F)cc1. The number of rotatable bonds is 3. The van der Waals surface area contributed by atoms with Gasteiger partial charge in [0.05, 0.1) is 6.42 Å². The molecule has 0 spiro atoms. The molecule has 1 N–H and O–H groups in total. The number of alkyl halides is 2. The molecule has 0 saturated carbocycles. The number of nitrogens with one attached hydrogen (secondary N) is 1. The average molecular weight is 267 g/mol. The van der Waals surface area contributed by atoms with Gasteiger partial charge in [-0.3, -0.25) is 14.9 Å². The second kappa shape index (κ2) is 5.17. The fourth-order valence-corrected chi connectivity index (χ4v) is 1.85. The summed E-state index contributed by atoms with van der Waals surface area (Å²) in [6.45, 7) is -1.17. The van der Waals surface area contributed by atoms with Crippen molar-refractivity contribution in [2.75, 3.05) is 0 Å². The van der Waals surface area contributed by atoms with E-state index in [1.807, 2.05) is 0 Å². The van der Waals surface area contributed by atoms with Gasteiger partial charge in [0.25, 0.3) is 5.91 Å². The number of benzene rings is 1. The number of halogens is 2. The second-order valence-electron chi connectivity index (χ2n) is 4.06. The Bertz CT molecular complexity index is 550. The third-order valence-corrected chi connectivity index (χ3v) is 2.83. The zero-order valence-corrected chi connectivity index (χ0v) is 10.1. The van der Waals surface area contributed by atoms with Crippen molar-refractivity contribution < 1.29 is 23.1 Å². The number of imide groups is 1. The Morgan fingerprint density at radius 2 is 1.89 bits per heavy atom. The summed E-state index contributed by atoms with van der Waals surface area (Å²) in [4.78, 5) is 22.6. The molecule has 6 heteroatoms. The van der Waals surface area contributed by atoms with Gasteiger partial charge in [-0.15, -0.1) is 0 Å². The molecule has 0 atom stereocenters. The van der Waals surface area contributed by atoms with E-state index < -0.39 is 12.5 Å². The molecule has 0 aromatic heterocycles. The fourth-order valence-electron chi connectivity index (χ4n) is 1.85. The van der Waals surface area contributed by atoms with Gasteiger partial charge in [-0.05, 0) is 30.2 Å². The standard InChI is InChI=1S/C13H11F2NO3/c1-7(10-6-11(17)16-12(10)18)8-2-4-9(5-3-8)19-13(14)15/h2-5,13H,6H2,1H3,(H,16,17,18). The zero-order valence-electron chi connectivity index (χ0n) is 10.1. The van der Waals surface area contributed by atoms with Crippen molar-refractivity contribution in [3.05, 3.63) is 35.4 Å². The van der Waals surface area contributed by atoms with Gasteiger partial charge in [0, 0.05) is 5.57 Å². The molecule has 0 aliphatic carbocycles. The lowest BCUT2D eigenvalue weighted by Gasteiger charge is -2.07. The molecule has 1 heterocycles. The van der Waals surface area contributed by atoms with Crippen LogP contribution < -0.4 is 10.1 Å². The van der Waals surface area contributed by atoms with E-state index in [0.717, 1.165) is 0 Å². The lowest BCUT2D eigenvalue weighted by Crippen LogP contribution is -2.19. The topological polar surface area (TPSA) is 55.4 Å². The first-order valence-electron chi connectivity index (χ1n) is 5.56. The summed E-state index contributed by atoms with van der Waals surface area (Å²) in [5.74, 6) is -0.698.